The molecular weight excluding hydrogens is 503 g/mol. The molecule has 11 heteroatoms. The highest BCUT2D eigenvalue weighted by atomic mass is 31.2. The molecule has 0 unspecified atom stereocenters. The summed E-state index contributed by atoms with van der Waals surface area (Å²) >= 11 is 0. The van der Waals surface area contributed by atoms with Crippen molar-refractivity contribution in [1.29, 1.82) is 0 Å². The average Bonchev–Trinajstić information content (AvgIpc) is 3.58. The summed E-state index contributed by atoms with van der Waals surface area (Å²) in [7, 11) is -3.34. The summed E-state index contributed by atoms with van der Waals surface area (Å²) in [6.45, 7) is 10.6. The first-order valence-corrected chi connectivity index (χ1v) is 16.2. The minimum atomic E-state index is -3.34. The third-order valence-corrected chi connectivity index (χ3v) is 8.20. The number of hydrogen-bond acceptors (Lipinski definition) is 9. The van der Waals surface area contributed by atoms with Crippen molar-refractivity contribution in [3.8, 4) is 0 Å². The molecule has 0 atom stereocenters. The molecule has 1 aliphatic rings. The SMILES string of the molecule is CC(C)CCCCCOP(=O)(COCCn1cnc2c(NC3CC3)nc(N)nc21)OCCCCCC(C)C. The van der Waals surface area contributed by atoms with Crippen molar-refractivity contribution in [3.05, 3.63) is 6.33 Å². The highest BCUT2D eigenvalue weighted by Crippen LogP contribution is 2.48. The molecule has 1 aliphatic carbocycles. The number of nitrogens with two attached hydrogens (primary N) is 1. The quantitative estimate of drug-likeness (QED) is 0.130. The minimum absolute atomic E-state index is 0.0662. The van der Waals surface area contributed by atoms with E-state index in [9.17, 15) is 4.57 Å². The van der Waals surface area contributed by atoms with Crippen LogP contribution in [0.4, 0.5) is 11.8 Å². The Morgan fingerprint density at radius 1 is 0.974 bits per heavy atom. The Bertz CT molecular complexity index is 987. The van der Waals surface area contributed by atoms with Crippen LogP contribution >= 0.6 is 7.60 Å². The zero-order valence-corrected chi connectivity index (χ0v) is 24.8. The van der Waals surface area contributed by atoms with Crippen LogP contribution in [0.15, 0.2) is 6.33 Å². The summed E-state index contributed by atoms with van der Waals surface area (Å²) in [5.41, 5.74) is 7.29. The number of imidazole rings is 1. The average molecular weight is 553 g/mol. The maximum atomic E-state index is 13.4. The Balaban J connectivity index is 1.47. The molecule has 2 aromatic rings. The Morgan fingerprint density at radius 2 is 1.61 bits per heavy atom. The zero-order chi connectivity index (χ0) is 27.4. The second-order valence-corrected chi connectivity index (χ2v) is 13.3. The van der Waals surface area contributed by atoms with Crippen molar-refractivity contribution in [3.63, 3.8) is 0 Å². The van der Waals surface area contributed by atoms with Crippen molar-refractivity contribution in [1.82, 2.24) is 19.5 Å². The van der Waals surface area contributed by atoms with Gasteiger partial charge in [-0.2, -0.15) is 9.97 Å². The van der Waals surface area contributed by atoms with Gasteiger partial charge in [-0.1, -0.05) is 66.2 Å². The van der Waals surface area contributed by atoms with Gasteiger partial charge < -0.3 is 29.4 Å². The molecule has 0 amide bonds. The van der Waals surface area contributed by atoms with Crippen molar-refractivity contribution in [2.45, 2.75) is 104 Å². The fourth-order valence-electron chi connectivity index (χ4n) is 4.17. The molecule has 3 N–H and O–H groups in total. The molecule has 0 aromatic carbocycles. The predicted octanol–water partition coefficient (Wildman–Crippen LogP) is 6.62. The highest BCUT2D eigenvalue weighted by Gasteiger charge is 2.26. The summed E-state index contributed by atoms with van der Waals surface area (Å²) in [4.78, 5) is 13.2. The molecule has 0 spiro atoms. The normalized spacial score (nSPS) is 14.3. The Hall–Kier alpha value is -1.74. The van der Waals surface area contributed by atoms with Gasteiger partial charge in [0.2, 0.25) is 5.95 Å². The number of ether oxygens (including phenoxy) is 1. The van der Waals surface area contributed by atoms with Crippen LogP contribution in [0.2, 0.25) is 0 Å². The number of anilines is 2. The molecule has 3 rings (SSSR count). The largest absolute Gasteiger partial charge is 0.368 e. The van der Waals surface area contributed by atoms with Gasteiger partial charge in [0.05, 0.1) is 26.1 Å². The second-order valence-electron chi connectivity index (χ2n) is 11.3. The number of fused-ring (bicyclic) bond motifs is 1. The van der Waals surface area contributed by atoms with Crippen LogP contribution in [0.3, 0.4) is 0 Å². The lowest BCUT2D eigenvalue weighted by Gasteiger charge is -2.19. The van der Waals surface area contributed by atoms with Gasteiger partial charge >= 0.3 is 7.60 Å². The number of nitrogen functional groups attached to an aromatic ring is 1. The van der Waals surface area contributed by atoms with E-state index in [0.717, 1.165) is 51.4 Å². The van der Waals surface area contributed by atoms with E-state index in [1.165, 1.54) is 12.8 Å². The van der Waals surface area contributed by atoms with Gasteiger partial charge in [0, 0.05) is 12.6 Å². The van der Waals surface area contributed by atoms with Crippen LogP contribution < -0.4 is 11.1 Å². The summed E-state index contributed by atoms with van der Waals surface area (Å²) in [6, 6.07) is 0.431. The van der Waals surface area contributed by atoms with Crippen LogP contribution in [0.5, 0.6) is 0 Å². The first-order chi connectivity index (χ1) is 18.3. The smallest absolute Gasteiger partial charge is 0.356 e. The van der Waals surface area contributed by atoms with Crippen LogP contribution in [0, 0.1) is 11.8 Å². The van der Waals surface area contributed by atoms with Gasteiger partial charge in [0.15, 0.2) is 17.0 Å². The molecule has 0 aliphatic heterocycles. The van der Waals surface area contributed by atoms with Crippen LogP contribution in [0.25, 0.3) is 11.2 Å². The van der Waals surface area contributed by atoms with E-state index in [2.05, 4.69) is 48.0 Å². The minimum Gasteiger partial charge on any atom is -0.368 e. The lowest BCUT2D eigenvalue weighted by atomic mass is 10.1. The number of unbranched alkanes of at least 4 members (excludes halogenated alkanes) is 4. The molecule has 0 bridgehead atoms. The van der Waals surface area contributed by atoms with Crippen LogP contribution in [-0.4, -0.2) is 51.7 Å². The number of nitrogens with zero attached hydrogens (tertiary/aromatic N) is 4. The lowest BCUT2D eigenvalue weighted by Crippen LogP contribution is -2.11. The first-order valence-electron chi connectivity index (χ1n) is 14.5. The Morgan fingerprint density at radius 3 is 2.18 bits per heavy atom. The van der Waals surface area contributed by atoms with Gasteiger partial charge in [-0.3, -0.25) is 4.57 Å². The molecule has 2 aromatic heterocycles. The summed E-state index contributed by atoms with van der Waals surface area (Å²) < 4.78 is 32.7. The van der Waals surface area contributed by atoms with Crippen molar-refractivity contribution >= 4 is 30.5 Å². The topological polar surface area (TPSA) is 126 Å². The van der Waals surface area contributed by atoms with Crippen LogP contribution in [0.1, 0.15) is 91.9 Å². The summed E-state index contributed by atoms with van der Waals surface area (Å²) in [6.07, 6.45) is 12.5. The van der Waals surface area contributed by atoms with E-state index in [0.29, 0.717) is 61.2 Å². The van der Waals surface area contributed by atoms with E-state index in [1.807, 2.05) is 4.57 Å². The van der Waals surface area contributed by atoms with Gasteiger partial charge in [0.25, 0.3) is 0 Å². The first kappa shape index (κ1) is 30.8. The molecule has 216 valence electrons. The van der Waals surface area contributed by atoms with Gasteiger partial charge in [-0.15, -0.1) is 0 Å². The number of aromatic nitrogens is 4. The van der Waals surface area contributed by atoms with Gasteiger partial charge in [0.1, 0.15) is 6.35 Å². The molecule has 38 heavy (non-hydrogen) atoms. The standard InChI is InChI=1S/C27H49N6O4P/c1-21(2)11-7-5-9-16-36-38(34,37-17-10-6-8-12-22(3)4)20-35-18-15-33-19-29-24-25(30-23-13-14-23)31-27(28)32-26(24)33/h19,21-23H,5-18,20H2,1-4H3,(H3,28,30,31,32). The Kier molecular flexibility index (Phi) is 12.8. The maximum Gasteiger partial charge on any atom is 0.356 e. The Labute approximate surface area is 228 Å². The predicted molar refractivity (Wildman–Crippen MR) is 153 cm³/mol. The summed E-state index contributed by atoms with van der Waals surface area (Å²) in [5, 5.41) is 3.37. The highest BCUT2D eigenvalue weighted by molar-refractivity contribution is 7.53. The molecule has 1 fully saturated rings. The van der Waals surface area contributed by atoms with Gasteiger partial charge in [-0.25, -0.2) is 4.98 Å². The van der Waals surface area contributed by atoms with Crippen molar-refractivity contribution < 1.29 is 18.3 Å². The second kappa shape index (κ2) is 15.8. The molecule has 2 heterocycles. The molecule has 10 nitrogen and oxygen atoms in total. The molecule has 0 radical (unpaired) electrons. The summed E-state index contributed by atoms with van der Waals surface area (Å²) in [5.74, 6) is 2.27. The van der Waals surface area contributed by atoms with E-state index in [-0.39, 0.29) is 12.3 Å². The lowest BCUT2D eigenvalue weighted by molar-refractivity contribution is 0.121. The number of rotatable bonds is 21. The molecule has 0 saturated heterocycles. The maximum absolute atomic E-state index is 13.4. The molecule has 1 saturated carbocycles. The van der Waals surface area contributed by atoms with E-state index < -0.39 is 7.60 Å². The van der Waals surface area contributed by atoms with Crippen LogP contribution in [-0.2, 0) is 24.9 Å². The van der Waals surface area contributed by atoms with Crippen molar-refractivity contribution in [2.24, 2.45) is 11.8 Å². The van der Waals surface area contributed by atoms with Gasteiger partial charge in [-0.05, 0) is 37.5 Å². The third kappa shape index (κ3) is 11.2. The molecular formula is C27H49N6O4P. The zero-order valence-electron chi connectivity index (χ0n) is 23.9. The third-order valence-electron chi connectivity index (χ3n) is 6.55. The number of hydrogen-bond donors (Lipinski definition) is 2. The fraction of sp³-hybridized carbons (Fsp3) is 0.815. The van der Waals surface area contributed by atoms with Crippen molar-refractivity contribution in [2.75, 3.05) is 37.2 Å². The fourth-order valence-corrected chi connectivity index (χ4v) is 5.56. The van der Waals surface area contributed by atoms with E-state index in [1.54, 1.807) is 6.33 Å². The van der Waals surface area contributed by atoms with E-state index >= 15 is 0 Å². The number of nitrogens with one attached hydrogen (secondary N) is 1. The monoisotopic (exact) mass is 552 g/mol. The van der Waals surface area contributed by atoms with E-state index in [4.69, 9.17) is 19.5 Å².